The van der Waals surface area contributed by atoms with E-state index in [-0.39, 0.29) is 4.88 Å². The molecule has 1 aromatic carbocycles. The Balaban J connectivity index is 2.12. The van der Waals surface area contributed by atoms with Crippen molar-refractivity contribution >= 4 is 44.8 Å². The third kappa shape index (κ3) is 3.04. The standard InChI is InChI=1S/C12H8BrClO3S/c13-9-6-18-11(12(15)16)10(9)17-5-7-1-3-8(14)4-2-7/h1-4,6H,5H2,(H,15,16). The lowest BCUT2D eigenvalue weighted by Crippen LogP contribution is -2.00. The number of benzene rings is 1. The van der Waals surface area contributed by atoms with Crippen molar-refractivity contribution in [2.45, 2.75) is 6.61 Å². The Morgan fingerprint density at radius 1 is 1.39 bits per heavy atom. The van der Waals surface area contributed by atoms with E-state index in [4.69, 9.17) is 21.4 Å². The fraction of sp³-hybridized carbons (Fsp3) is 0.0833. The van der Waals surface area contributed by atoms with Gasteiger partial charge in [-0.25, -0.2) is 4.79 Å². The van der Waals surface area contributed by atoms with E-state index in [0.29, 0.717) is 21.9 Å². The first-order valence-corrected chi connectivity index (χ1v) is 7.00. The fourth-order valence-electron chi connectivity index (χ4n) is 1.34. The second-order valence-corrected chi connectivity index (χ2v) is 5.63. The Kier molecular flexibility index (Phi) is 4.27. The number of hydrogen-bond acceptors (Lipinski definition) is 3. The summed E-state index contributed by atoms with van der Waals surface area (Å²) in [4.78, 5) is 11.2. The summed E-state index contributed by atoms with van der Waals surface area (Å²) < 4.78 is 6.19. The summed E-state index contributed by atoms with van der Waals surface area (Å²) >= 11 is 10.2. The van der Waals surface area contributed by atoms with Crippen LogP contribution < -0.4 is 4.74 Å². The largest absolute Gasteiger partial charge is 0.486 e. The van der Waals surface area contributed by atoms with Crippen molar-refractivity contribution in [2.75, 3.05) is 0 Å². The lowest BCUT2D eigenvalue weighted by atomic mass is 10.2. The van der Waals surface area contributed by atoms with Crippen molar-refractivity contribution in [3.63, 3.8) is 0 Å². The zero-order valence-corrected chi connectivity index (χ0v) is 12.2. The predicted octanol–water partition coefficient (Wildman–Crippen LogP) is 4.44. The van der Waals surface area contributed by atoms with Crippen molar-refractivity contribution in [1.82, 2.24) is 0 Å². The maximum atomic E-state index is 11.0. The van der Waals surface area contributed by atoms with Gasteiger partial charge in [-0.3, -0.25) is 0 Å². The Bertz CT molecular complexity index is 565. The van der Waals surface area contributed by atoms with Gasteiger partial charge in [0.25, 0.3) is 0 Å². The minimum Gasteiger partial charge on any atom is -0.486 e. The first kappa shape index (κ1) is 13.4. The third-order valence-corrected chi connectivity index (χ3v) is 4.29. The molecule has 6 heteroatoms. The van der Waals surface area contributed by atoms with Crippen molar-refractivity contribution in [3.8, 4) is 5.75 Å². The summed E-state index contributed by atoms with van der Waals surface area (Å²) in [7, 11) is 0. The topological polar surface area (TPSA) is 46.5 Å². The van der Waals surface area contributed by atoms with Crippen LogP contribution in [-0.4, -0.2) is 11.1 Å². The summed E-state index contributed by atoms with van der Waals surface area (Å²) in [5, 5.41) is 11.4. The van der Waals surface area contributed by atoms with Crippen LogP contribution in [0.15, 0.2) is 34.1 Å². The highest BCUT2D eigenvalue weighted by Gasteiger charge is 2.17. The molecule has 3 nitrogen and oxygen atoms in total. The van der Waals surface area contributed by atoms with Gasteiger partial charge in [-0.1, -0.05) is 23.7 Å². The van der Waals surface area contributed by atoms with E-state index in [1.54, 1.807) is 17.5 Å². The monoisotopic (exact) mass is 346 g/mol. The molecule has 18 heavy (non-hydrogen) atoms. The molecule has 0 aliphatic carbocycles. The van der Waals surface area contributed by atoms with Crippen molar-refractivity contribution in [1.29, 1.82) is 0 Å². The molecule has 0 aliphatic rings. The number of carboxylic acids is 1. The quantitative estimate of drug-likeness (QED) is 0.889. The van der Waals surface area contributed by atoms with Crippen LogP contribution in [0.5, 0.6) is 5.75 Å². The molecule has 2 rings (SSSR count). The first-order chi connectivity index (χ1) is 8.58. The van der Waals surface area contributed by atoms with E-state index >= 15 is 0 Å². The van der Waals surface area contributed by atoms with Crippen LogP contribution in [0.3, 0.4) is 0 Å². The highest BCUT2D eigenvalue weighted by molar-refractivity contribution is 9.10. The number of hydrogen-bond donors (Lipinski definition) is 1. The molecule has 0 amide bonds. The zero-order chi connectivity index (χ0) is 13.1. The third-order valence-electron chi connectivity index (χ3n) is 2.19. The van der Waals surface area contributed by atoms with Crippen molar-refractivity contribution in [2.24, 2.45) is 0 Å². The van der Waals surface area contributed by atoms with Crippen LogP contribution in [0, 0.1) is 0 Å². The van der Waals surface area contributed by atoms with E-state index in [9.17, 15) is 4.79 Å². The number of halogens is 2. The molecular weight excluding hydrogens is 340 g/mol. The van der Waals surface area contributed by atoms with Crippen LogP contribution in [-0.2, 0) is 6.61 Å². The molecule has 2 aromatic rings. The van der Waals surface area contributed by atoms with Gasteiger partial charge in [0, 0.05) is 10.4 Å². The summed E-state index contributed by atoms with van der Waals surface area (Å²) in [6, 6.07) is 7.20. The summed E-state index contributed by atoms with van der Waals surface area (Å²) in [6.07, 6.45) is 0. The molecule has 0 saturated heterocycles. The second-order valence-electron chi connectivity index (χ2n) is 3.46. The lowest BCUT2D eigenvalue weighted by Gasteiger charge is -2.06. The number of aromatic carboxylic acids is 1. The summed E-state index contributed by atoms with van der Waals surface area (Å²) in [5.41, 5.74) is 0.925. The van der Waals surface area contributed by atoms with Crippen LogP contribution >= 0.6 is 38.9 Å². The Hall–Kier alpha value is -1.04. The normalized spacial score (nSPS) is 10.3. The molecule has 1 heterocycles. The van der Waals surface area contributed by atoms with Crippen molar-refractivity contribution < 1.29 is 14.6 Å². The van der Waals surface area contributed by atoms with E-state index in [2.05, 4.69) is 15.9 Å². The van der Waals surface area contributed by atoms with E-state index in [1.807, 2.05) is 12.1 Å². The minimum absolute atomic E-state index is 0.191. The van der Waals surface area contributed by atoms with E-state index in [1.165, 1.54) is 0 Å². The molecule has 0 fully saturated rings. The number of rotatable bonds is 4. The number of thiophene rings is 1. The summed E-state index contributed by atoms with van der Waals surface area (Å²) in [5.74, 6) is -0.626. The van der Waals surface area contributed by atoms with Gasteiger partial charge in [-0.15, -0.1) is 11.3 Å². The maximum Gasteiger partial charge on any atom is 0.349 e. The highest BCUT2D eigenvalue weighted by atomic mass is 79.9. The molecule has 0 spiro atoms. The van der Waals surface area contributed by atoms with Crippen LogP contribution in [0.2, 0.25) is 5.02 Å². The molecular formula is C12H8BrClO3S. The smallest absolute Gasteiger partial charge is 0.349 e. The Labute approximate surface area is 121 Å². The summed E-state index contributed by atoms with van der Waals surface area (Å²) in [6.45, 7) is 0.298. The molecule has 0 saturated carbocycles. The number of ether oxygens (including phenoxy) is 1. The minimum atomic E-state index is -0.989. The van der Waals surface area contributed by atoms with Gasteiger partial charge >= 0.3 is 5.97 Å². The molecule has 1 N–H and O–H groups in total. The highest BCUT2D eigenvalue weighted by Crippen LogP contribution is 2.35. The van der Waals surface area contributed by atoms with Gasteiger partial charge in [0.05, 0.1) is 4.47 Å². The fourth-order valence-corrected chi connectivity index (χ4v) is 2.90. The molecule has 0 unspecified atom stereocenters. The van der Waals surface area contributed by atoms with Gasteiger partial charge in [0.1, 0.15) is 6.61 Å². The molecule has 94 valence electrons. The van der Waals surface area contributed by atoms with Crippen LogP contribution in [0.25, 0.3) is 0 Å². The number of carboxylic acid groups (broad SMARTS) is 1. The van der Waals surface area contributed by atoms with Gasteiger partial charge in [0.15, 0.2) is 10.6 Å². The second kappa shape index (κ2) is 5.73. The Morgan fingerprint density at radius 2 is 2.06 bits per heavy atom. The Morgan fingerprint density at radius 3 is 2.67 bits per heavy atom. The van der Waals surface area contributed by atoms with Gasteiger partial charge in [-0.2, -0.15) is 0 Å². The van der Waals surface area contributed by atoms with Crippen LogP contribution in [0.4, 0.5) is 0 Å². The lowest BCUT2D eigenvalue weighted by molar-refractivity contribution is 0.0697. The molecule has 0 atom stereocenters. The maximum absolute atomic E-state index is 11.0. The van der Waals surface area contributed by atoms with Gasteiger partial charge < -0.3 is 9.84 Å². The van der Waals surface area contributed by atoms with E-state index in [0.717, 1.165) is 16.9 Å². The number of carbonyl (C=O) groups is 1. The SMILES string of the molecule is O=C(O)c1scc(Br)c1OCc1ccc(Cl)cc1. The first-order valence-electron chi connectivity index (χ1n) is 4.95. The van der Waals surface area contributed by atoms with Crippen molar-refractivity contribution in [3.05, 3.63) is 49.6 Å². The van der Waals surface area contributed by atoms with Gasteiger partial charge in [0.2, 0.25) is 0 Å². The van der Waals surface area contributed by atoms with E-state index < -0.39 is 5.97 Å². The van der Waals surface area contributed by atoms with Gasteiger partial charge in [-0.05, 0) is 33.6 Å². The zero-order valence-electron chi connectivity index (χ0n) is 9.02. The molecule has 0 radical (unpaired) electrons. The molecule has 0 bridgehead atoms. The average Bonchev–Trinajstić information content (AvgIpc) is 2.70. The van der Waals surface area contributed by atoms with Crippen LogP contribution in [0.1, 0.15) is 15.2 Å². The predicted molar refractivity (Wildman–Crippen MR) is 74.8 cm³/mol. The molecule has 1 aromatic heterocycles. The average molecular weight is 348 g/mol. The molecule has 0 aliphatic heterocycles.